The Kier molecular flexibility index (Phi) is 5.72. The summed E-state index contributed by atoms with van der Waals surface area (Å²) in [6, 6.07) is 10.7. The second-order valence-corrected chi connectivity index (χ2v) is 10.9. The molecule has 1 saturated heterocycles. The van der Waals surface area contributed by atoms with E-state index in [-0.39, 0.29) is 0 Å². The number of thiophene rings is 1. The summed E-state index contributed by atoms with van der Waals surface area (Å²) in [6.45, 7) is 6.22. The largest absolute Gasteiger partial charge is 0.339 e. The fourth-order valence-electron chi connectivity index (χ4n) is 5.46. The molecule has 0 spiro atoms. The van der Waals surface area contributed by atoms with Gasteiger partial charge in [0.15, 0.2) is 5.65 Å². The number of halogens is 1. The van der Waals surface area contributed by atoms with E-state index >= 15 is 0 Å². The van der Waals surface area contributed by atoms with Crippen LogP contribution in [-0.2, 0) is 6.54 Å². The van der Waals surface area contributed by atoms with Crippen LogP contribution in [0, 0.1) is 0 Å². The molecule has 4 heterocycles. The Balaban J connectivity index is 1.40. The molecule has 0 bridgehead atoms. The van der Waals surface area contributed by atoms with Crippen LogP contribution in [0.25, 0.3) is 16.6 Å². The van der Waals surface area contributed by atoms with Crippen LogP contribution in [0.15, 0.2) is 35.7 Å². The fourth-order valence-corrected chi connectivity index (χ4v) is 6.36. The van der Waals surface area contributed by atoms with Gasteiger partial charge in [0.2, 0.25) is 5.95 Å². The topological polar surface area (TPSA) is 49.6 Å². The van der Waals surface area contributed by atoms with Crippen LogP contribution in [0.4, 0.5) is 5.95 Å². The second-order valence-electron chi connectivity index (χ2n) is 9.47. The van der Waals surface area contributed by atoms with E-state index in [0.29, 0.717) is 17.0 Å². The van der Waals surface area contributed by atoms with Crippen LogP contribution in [-0.4, -0.2) is 50.2 Å². The molecule has 1 aliphatic heterocycles. The summed E-state index contributed by atoms with van der Waals surface area (Å²) >= 11 is 8.18. The number of hydrogen-bond acceptors (Lipinski definition) is 6. The Bertz CT molecular complexity index is 1260. The third-order valence-electron chi connectivity index (χ3n) is 7.27. The summed E-state index contributed by atoms with van der Waals surface area (Å²) in [5, 5.41) is 13.3. The highest BCUT2D eigenvalue weighted by Crippen LogP contribution is 2.35. The van der Waals surface area contributed by atoms with Crippen molar-refractivity contribution in [3.05, 3.63) is 51.4 Å². The van der Waals surface area contributed by atoms with E-state index in [1.54, 1.807) is 0 Å². The SMILES string of the molecule is CC1CN(c2nc3cc(Cl)ccc3c3nnc(C4CCCCC4)n23)CCN1Cc1cccs1. The lowest BCUT2D eigenvalue weighted by Gasteiger charge is -2.40. The van der Waals surface area contributed by atoms with Gasteiger partial charge in [0.05, 0.1) is 5.52 Å². The van der Waals surface area contributed by atoms with E-state index in [4.69, 9.17) is 21.7 Å². The van der Waals surface area contributed by atoms with Crippen LogP contribution in [0.5, 0.6) is 0 Å². The lowest BCUT2D eigenvalue weighted by Crippen LogP contribution is -2.52. The minimum atomic E-state index is 0.433. The van der Waals surface area contributed by atoms with Gasteiger partial charge in [0, 0.05) is 53.4 Å². The summed E-state index contributed by atoms with van der Waals surface area (Å²) in [7, 11) is 0. The number of piperazine rings is 1. The molecular weight excluding hydrogens is 452 g/mol. The van der Waals surface area contributed by atoms with E-state index in [0.717, 1.165) is 54.5 Å². The predicted octanol–water partition coefficient (Wildman–Crippen LogP) is 5.75. The zero-order valence-corrected chi connectivity index (χ0v) is 20.5. The first-order valence-corrected chi connectivity index (χ1v) is 13.3. The summed E-state index contributed by atoms with van der Waals surface area (Å²) in [5.74, 6) is 2.50. The molecule has 1 unspecified atom stereocenters. The van der Waals surface area contributed by atoms with E-state index < -0.39 is 0 Å². The normalized spacial score (nSPS) is 20.8. The summed E-state index contributed by atoms with van der Waals surface area (Å²) in [5.41, 5.74) is 1.79. The number of aromatic nitrogens is 4. The third kappa shape index (κ3) is 4.00. The first-order valence-electron chi connectivity index (χ1n) is 12.0. The quantitative estimate of drug-likeness (QED) is 0.372. The van der Waals surface area contributed by atoms with Gasteiger partial charge in [-0.15, -0.1) is 21.5 Å². The maximum atomic E-state index is 6.34. The molecule has 1 atom stereocenters. The standard InChI is InChI=1S/C25H29ClN6S/c1-17-15-31(12-11-30(17)16-20-8-5-13-33-20)25-27-22-14-19(26)9-10-21(22)24-29-28-23(32(24)25)18-6-3-2-4-7-18/h5,8-10,13-14,17-18H,2-4,6-7,11-12,15-16H2,1H3. The van der Waals surface area contributed by atoms with E-state index in [1.165, 1.54) is 37.0 Å². The zero-order chi connectivity index (χ0) is 22.4. The van der Waals surface area contributed by atoms with Crippen molar-refractivity contribution in [3.63, 3.8) is 0 Å². The molecule has 3 aromatic heterocycles. The number of nitrogens with zero attached hydrogens (tertiary/aromatic N) is 6. The number of benzene rings is 1. The Morgan fingerprint density at radius 3 is 2.76 bits per heavy atom. The number of rotatable bonds is 4. The van der Waals surface area contributed by atoms with Gasteiger partial charge in [-0.2, -0.15) is 0 Å². The van der Waals surface area contributed by atoms with Crippen LogP contribution in [0.3, 0.4) is 0 Å². The van der Waals surface area contributed by atoms with Gasteiger partial charge in [-0.25, -0.2) is 9.38 Å². The predicted molar refractivity (Wildman–Crippen MR) is 136 cm³/mol. The molecule has 8 heteroatoms. The van der Waals surface area contributed by atoms with E-state index in [9.17, 15) is 0 Å². The number of hydrogen-bond donors (Lipinski definition) is 0. The maximum Gasteiger partial charge on any atom is 0.213 e. The van der Waals surface area contributed by atoms with Gasteiger partial charge in [-0.1, -0.05) is 36.9 Å². The van der Waals surface area contributed by atoms with Gasteiger partial charge < -0.3 is 4.90 Å². The monoisotopic (exact) mass is 480 g/mol. The van der Waals surface area contributed by atoms with Crippen molar-refractivity contribution in [2.24, 2.45) is 0 Å². The van der Waals surface area contributed by atoms with Crippen molar-refractivity contribution in [2.45, 2.75) is 57.5 Å². The van der Waals surface area contributed by atoms with Gasteiger partial charge in [-0.05, 0) is 49.4 Å². The maximum absolute atomic E-state index is 6.34. The molecule has 1 aromatic carbocycles. The first kappa shape index (κ1) is 21.3. The molecule has 4 aromatic rings. The minimum absolute atomic E-state index is 0.433. The molecule has 1 aliphatic carbocycles. The Labute approximate surface area is 203 Å². The highest BCUT2D eigenvalue weighted by Gasteiger charge is 2.30. The van der Waals surface area contributed by atoms with Gasteiger partial charge in [-0.3, -0.25) is 4.90 Å². The second kappa shape index (κ2) is 8.85. The van der Waals surface area contributed by atoms with Gasteiger partial charge in [0.1, 0.15) is 5.82 Å². The summed E-state index contributed by atoms with van der Waals surface area (Å²) in [6.07, 6.45) is 6.23. The lowest BCUT2D eigenvalue weighted by molar-refractivity contribution is 0.181. The molecule has 2 aliphatic rings. The molecule has 0 amide bonds. The van der Waals surface area contributed by atoms with Gasteiger partial charge in [0.25, 0.3) is 0 Å². The van der Waals surface area contributed by atoms with E-state index in [2.05, 4.69) is 43.7 Å². The van der Waals surface area contributed by atoms with Crippen LogP contribution in [0.2, 0.25) is 5.02 Å². The molecule has 33 heavy (non-hydrogen) atoms. The number of fused-ring (bicyclic) bond motifs is 3. The Morgan fingerprint density at radius 2 is 1.97 bits per heavy atom. The third-order valence-corrected chi connectivity index (χ3v) is 8.36. The minimum Gasteiger partial charge on any atom is -0.339 e. The van der Waals surface area contributed by atoms with Crippen molar-refractivity contribution in [3.8, 4) is 0 Å². The molecule has 0 N–H and O–H groups in total. The molecule has 0 radical (unpaired) electrons. The van der Waals surface area contributed by atoms with Crippen molar-refractivity contribution >= 4 is 45.4 Å². The molecule has 1 saturated carbocycles. The van der Waals surface area contributed by atoms with Crippen molar-refractivity contribution in [2.75, 3.05) is 24.5 Å². The zero-order valence-electron chi connectivity index (χ0n) is 19.0. The highest BCUT2D eigenvalue weighted by atomic mass is 35.5. The molecule has 2 fully saturated rings. The highest BCUT2D eigenvalue weighted by molar-refractivity contribution is 7.09. The average Bonchev–Trinajstić information content (AvgIpc) is 3.50. The van der Waals surface area contributed by atoms with Gasteiger partial charge >= 0.3 is 0 Å². The van der Waals surface area contributed by atoms with Crippen LogP contribution >= 0.6 is 22.9 Å². The molecule has 172 valence electrons. The average molecular weight is 481 g/mol. The van der Waals surface area contributed by atoms with Crippen LogP contribution in [0.1, 0.15) is 55.6 Å². The summed E-state index contributed by atoms with van der Waals surface area (Å²) in [4.78, 5) is 11.6. The first-order chi connectivity index (χ1) is 16.2. The van der Waals surface area contributed by atoms with Crippen molar-refractivity contribution < 1.29 is 0 Å². The summed E-state index contributed by atoms with van der Waals surface area (Å²) < 4.78 is 2.26. The molecule has 6 rings (SSSR count). The van der Waals surface area contributed by atoms with Crippen molar-refractivity contribution in [1.82, 2.24) is 24.5 Å². The molecule has 6 nitrogen and oxygen atoms in total. The Morgan fingerprint density at radius 1 is 1.09 bits per heavy atom. The molecular formula is C25H29ClN6S. The number of anilines is 1. The lowest BCUT2D eigenvalue weighted by atomic mass is 9.89. The fraction of sp³-hybridized carbons (Fsp3) is 0.480. The van der Waals surface area contributed by atoms with Crippen LogP contribution < -0.4 is 4.90 Å². The van der Waals surface area contributed by atoms with E-state index in [1.807, 2.05) is 29.5 Å². The van der Waals surface area contributed by atoms with Crippen molar-refractivity contribution in [1.29, 1.82) is 0 Å². The Hall–Kier alpha value is -2.22. The smallest absolute Gasteiger partial charge is 0.213 e.